The van der Waals surface area contributed by atoms with Crippen LogP contribution < -0.4 is 16.3 Å². The molecule has 3 aromatic rings. The zero-order valence-corrected chi connectivity index (χ0v) is 15.1. The molecular formula is C19H22N4O2. The van der Waals surface area contributed by atoms with E-state index in [4.69, 9.17) is 0 Å². The summed E-state index contributed by atoms with van der Waals surface area (Å²) in [7, 11) is 3.46. The number of carbonyl (C=O) groups excluding carboxylic acids is 1. The number of hydrogen-bond acceptors (Lipinski definition) is 2. The Morgan fingerprint density at radius 2 is 1.40 bits per heavy atom. The fraction of sp³-hybridized carbons (Fsp3) is 0.263. The minimum Gasteiger partial charge on any atom is -0.308 e. The van der Waals surface area contributed by atoms with E-state index in [-0.39, 0.29) is 11.7 Å². The van der Waals surface area contributed by atoms with Gasteiger partial charge < -0.3 is 10.6 Å². The van der Waals surface area contributed by atoms with E-state index in [1.807, 2.05) is 45.0 Å². The molecular weight excluding hydrogens is 316 g/mol. The Kier molecular flexibility index (Phi) is 4.12. The molecule has 2 N–H and O–H groups in total. The highest BCUT2D eigenvalue weighted by molar-refractivity contribution is 6.01. The summed E-state index contributed by atoms with van der Waals surface area (Å²) in [6, 6.07) is 9.31. The van der Waals surface area contributed by atoms with Crippen molar-refractivity contribution >= 4 is 28.4 Å². The van der Waals surface area contributed by atoms with Crippen molar-refractivity contribution in [3.63, 3.8) is 0 Å². The molecule has 0 unspecified atom stereocenters. The molecule has 6 nitrogen and oxygen atoms in total. The van der Waals surface area contributed by atoms with Gasteiger partial charge in [0.1, 0.15) is 0 Å². The molecule has 2 aromatic carbocycles. The van der Waals surface area contributed by atoms with E-state index in [1.54, 1.807) is 23.2 Å². The molecule has 1 aromatic heterocycles. The van der Waals surface area contributed by atoms with Gasteiger partial charge in [-0.15, -0.1) is 0 Å². The summed E-state index contributed by atoms with van der Waals surface area (Å²) in [4.78, 5) is 24.4. The SMILES string of the molecule is Cc1cc(C)cc(NC(=O)Nc2cc3c(cc2C)n(C)c(=O)n3C)c1. The normalized spacial score (nSPS) is 10.9. The molecule has 2 amide bonds. The van der Waals surface area contributed by atoms with Gasteiger partial charge in [0, 0.05) is 25.5 Å². The van der Waals surface area contributed by atoms with Crippen molar-refractivity contribution in [3.8, 4) is 0 Å². The number of aryl methyl sites for hydroxylation is 5. The van der Waals surface area contributed by atoms with Crippen molar-refractivity contribution in [2.45, 2.75) is 20.8 Å². The second kappa shape index (κ2) is 6.12. The fourth-order valence-electron chi connectivity index (χ4n) is 3.12. The molecule has 0 saturated heterocycles. The van der Waals surface area contributed by atoms with Crippen molar-refractivity contribution in [1.82, 2.24) is 9.13 Å². The average molecular weight is 338 g/mol. The predicted octanol–water partition coefficient (Wildman–Crippen LogP) is 3.45. The first kappa shape index (κ1) is 16.8. The van der Waals surface area contributed by atoms with Crippen molar-refractivity contribution < 1.29 is 4.79 Å². The summed E-state index contributed by atoms with van der Waals surface area (Å²) in [5.74, 6) is 0. The number of nitrogens with zero attached hydrogens (tertiary/aromatic N) is 2. The van der Waals surface area contributed by atoms with Crippen LogP contribution in [0.1, 0.15) is 16.7 Å². The van der Waals surface area contributed by atoms with Crippen LogP contribution >= 0.6 is 0 Å². The molecule has 0 aliphatic carbocycles. The molecule has 25 heavy (non-hydrogen) atoms. The lowest BCUT2D eigenvalue weighted by Gasteiger charge is -2.12. The van der Waals surface area contributed by atoms with E-state index in [1.165, 1.54) is 0 Å². The number of aromatic nitrogens is 2. The maximum atomic E-state index is 12.4. The molecule has 130 valence electrons. The number of imidazole rings is 1. The lowest BCUT2D eigenvalue weighted by atomic mass is 10.1. The molecule has 6 heteroatoms. The monoisotopic (exact) mass is 338 g/mol. The summed E-state index contributed by atoms with van der Waals surface area (Å²) in [6.07, 6.45) is 0. The van der Waals surface area contributed by atoms with Gasteiger partial charge in [-0.1, -0.05) is 6.07 Å². The number of benzene rings is 2. The van der Waals surface area contributed by atoms with E-state index < -0.39 is 0 Å². The average Bonchev–Trinajstić information content (AvgIpc) is 2.71. The number of rotatable bonds is 2. The van der Waals surface area contributed by atoms with E-state index in [2.05, 4.69) is 16.7 Å². The number of urea groups is 1. The van der Waals surface area contributed by atoms with Crippen LogP contribution in [0.15, 0.2) is 35.1 Å². The van der Waals surface area contributed by atoms with Crippen LogP contribution in [0, 0.1) is 20.8 Å². The number of fused-ring (bicyclic) bond motifs is 1. The summed E-state index contributed by atoms with van der Waals surface area (Å²) < 4.78 is 3.17. The van der Waals surface area contributed by atoms with Gasteiger partial charge in [-0.3, -0.25) is 9.13 Å². The predicted molar refractivity (Wildman–Crippen MR) is 101 cm³/mol. The van der Waals surface area contributed by atoms with E-state index in [0.29, 0.717) is 5.69 Å². The van der Waals surface area contributed by atoms with Crippen LogP contribution in [-0.2, 0) is 14.1 Å². The highest BCUT2D eigenvalue weighted by Crippen LogP contribution is 2.23. The van der Waals surface area contributed by atoms with Crippen LogP contribution in [-0.4, -0.2) is 15.2 Å². The van der Waals surface area contributed by atoms with Gasteiger partial charge in [-0.2, -0.15) is 0 Å². The summed E-state index contributed by atoms with van der Waals surface area (Å²) in [5.41, 5.74) is 6.02. The molecule has 3 rings (SSSR count). The standard InChI is InChI=1S/C19H22N4O2/c1-11-6-12(2)8-14(7-11)20-18(24)21-15-10-17-16(9-13(15)3)22(4)19(25)23(17)5/h6-10H,1-5H3,(H2,20,21,24). The third-order valence-electron chi connectivity index (χ3n) is 4.35. The summed E-state index contributed by atoms with van der Waals surface area (Å²) >= 11 is 0. The first-order chi connectivity index (χ1) is 11.8. The Balaban J connectivity index is 1.89. The smallest absolute Gasteiger partial charge is 0.308 e. The van der Waals surface area contributed by atoms with Crippen molar-refractivity contribution in [2.75, 3.05) is 10.6 Å². The number of hydrogen-bond donors (Lipinski definition) is 2. The molecule has 0 fully saturated rings. The van der Waals surface area contributed by atoms with Gasteiger partial charge in [0.2, 0.25) is 0 Å². The minimum absolute atomic E-state index is 0.0914. The van der Waals surface area contributed by atoms with Crippen LogP contribution in [0.4, 0.5) is 16.2 Å². The summed E-state index contributed by atoms with van der Waals surface area (Å²) in [6.45, 7) is 5.89. The molecule has 0 bridgehead atoms. The zero-order valence-electron chi connectivity index (χ0n) is 15.1. The zero-order chi connectivity index (χ0) is 18.3. The maximum Gasteiger partial charge on any atom is 0.328 e. The molecule has 0 aliphatic heterocycles. The van der Waals surface area contributed by atoms with Crippen molar-refractivity contribution in [3.05, 3.63) is 57.5 Å². The highest BCUT2D eigenvalue weighted by atomic mass is 16.2. The quantitative estimate of drug-likeness (QED) is 0.751. The third kappa shape index (κ3) is 3.15. The lowest BCUT2D eigenvalue weighted by molar-refractivity contribution is 0.262. The first-order valence-corrected chi connectivity index (χ1v) is 8.08. The molecule has 0 atom stereocenters. The Bertz CT molecular complexity index is 1020. The van der Waals surface area contributed by atoms with Crippen LogP contribution in [0.5, 0.6) is 0 Å². The lowest BCUT2D eigenvalue weighted by Crippen LogP contribution is -2.20. The van der Waals surface area contributed by atoms with Gasteiger partial charge in [0.05, 0.1) is 11.0 Å². The Morgan fingerprint density at radius 3 is 2.00 bits per heavy atom. The van der Waals surface area contributed by atoms with Crippen LogP contribution in [0.2, 0.25) is 0 Å². The van der Waals surface area contributed by atoms with Gasteiger partial charge >= 0.3 is 11.7 Å². The Hall–Kier alpha value is -3.02. The van der Waals surface area contributed by atoms with E-state index >= 15 is 0 Å². The second-order valence-corrected chi connectivity index (χ2v) is 6.51. The topological polar surface area (TPSA) is 68.1 Å². The largest absolute Gasteiger partial charge is 0.328 e. The fourth-order valence-corrected chi connectivity index (χ4v) is 3.12. The number of nitrogens with one attached hydrogen (secondary N) is 2. The summed E-state index contributed by atoms with van der Waals surface area (Å²) in [5, 5.41) is 5.73. The minimum atomic E-state index is -0.312. The van der Waals surface area contributed by atoms with Crippen LogP contribution in [0.25, 0.3) is 11.0 Å². The van der Waals surface area contributed by atoms with E-state index in [0.717, 1.165) is 33.4 Å². The molecule has 0 saturated carbocycles. The van der Waals surface area contributed by atoms with Gasteiger partial charge in [-0.05, 0) is 61.7 Å². The molecule has 0 spiro atoms. The Morgan fingerprint density at radius 1 is 0.840 bits per heavy atom. The number of carbonyl (C=O) groups is 1. The first-order valence-electron chi connectivity index (χ1n) is 8.08. The molecule has 1 heterocycles. The van der Waals surface area contributed by atoms with Gasteiger partial charge in [0.25, 0.3) is 0 Å². The number of anilines is 2. The number of amides is 2. The van der Waals surface area contributed by atoms with Crippen molar-refractivity contribution in [1.29, 1.82) is 0 Å². The van der Waals surface area contributed by atoms with Crippen molar-refractivity contribution in [2.24, 2.45) is 14.1 Å². The Labute approximate surface area is 146 Å². The van der Waals surface area contributed by atoms with Gasteiger partial charge in [0.15, 0.2) is 0 Å². The van der Waals surface area contributed by atoms with E-state index in [9.17, 15) is 9.59 Å². The highest BCUT2D eigenvalue weighted by Gasteiger charge is 2.12. The maximum absolute atomic E-state index is 12.4. The van der Waals surface area contributed by atoms with Crippen LogP contribution in [0.3, 0.4) is 0 Å². The second-order valence-electron chi connectivity index (χ2n) is 6.51. The third-order valence-corrected chi connectivity index (χ3v) is 4.35. The van der Waals surface area contributed by atoms with Gasteiger partial charge in [-0.25, -0.2) is 9.59 Å². The molecule has 0 radical (unpaired) electrons. The molecule has 0 aliphatic rings.